The van der Waals surface area contributed by atoms with E-state index in [2.05, 4.69) is 5.32 Å². The summed E-state index contributed by atoms with van der Waals surface area (Å²) in [5, 5.41) is 2.95. The van der Waals surface area contributed by atoms with Crippen LogP contribution < -0.4 is 14.4 Å². The molecule has 0 fully saturated rings. The number of carbonyl (C=O) groups excluding carboxylic acids is 1. The fraction of sp³-hybridized carbons (Fsp3) is 0.611. The van der Waals surface area contributed by atoms with Crippen molar-refractivity contribution in [2.24, 2.45) is 11.8 Å². The van der Waals surface area contributed by atoms with Gasteiger partial charge in [-0.3, -0.25) is 9.10 Å². The van der Waals surface area contributed by atoms with Crippen LogP contribution in [0, 0.1) is 18.8 Å². The number of sulfonamides is 1. The van der Waals surface area contributed by atoms with Crippen molar-refractivity contribution < 1.29 is 17.9 Å². The van der Waals surface area contributed by atoms with Crippen LogP contribution >= 0.6 is 0 Å². The molecule has 0 atom stereocenters. The molecule has 1 aromatic carbocycles. The lowest BCUT2D eigenvalue weighted by Gasteiger charge is -2.29. The van der Waals surface area contributed by atoms with E-state index in [-0.39, 0.29) is 30.3 Å². The van der Waals surface area contributed by atoms with Crippen molar-refractivity contribution in [3.63, 3.8) is 0 Å². The molecule has 0 aromatic heterocycles. The zero-order valence-electron chi connectivity index (χ0n) is 16.2. The number of hydrogen-bond acceptors (Lipinski definition) is 4. The van der Waals surface area contributed by atoms with Crippen LogP contribution in [0.5, 0.6) is 5.75 Å². The highest BCUT2D eigenvalue weighted by atomic mass is 32.2. The van der Waals surface area contributed by atoms with E-state index in [9.17, 15) is 13.2 Å². The molecule has 0 aliphatic carbocycles. The third kappa shape index (κ3) is 5.92. The average molecular weight is 371 g/mol. The van der Waals surface area contributed by atoms with Gasteiger partial charge >= 0.3 is 0 Å². The van der Waals surface area contributed by atoms with Crippen LogP contribution in [0.25, 0.3) is 0 Å². The molecule has 0 heterocycles. The highest BCUT2D eigenvalue weighted by Crippen LogP contribution is 2.30. The van der Waals surface area contributed by atoms with Crippen LogP contribution in [0.2, 0.25) is 0 Å². The normalized spacial score (nSPS) is 11.9. The number of amides is 1. The van der Waals surface area contributed by atoms with Crippen molar-refractivity contribution in [2.45, 2.75) is 40.7 Å². The predicted molar refractivity (Wildman–Crippen MR) is 102 cm³/mol. The van der Waals surface area contributed by atoms with Crippen LogP contribution in [0.1, 0.15) is 33.3 Å². The van der Waals surface area contributed by atoms with Gasteiger partial charge in [0.05, 0.1) is 19.1 Å². The van der Waals surface area contributed by atoms with E-state index in [4.69, 9.17) is 4.74 Å². The summed E-state index contributed by atoms with van der Waals surface area (Å²) >= 11 is 0. The summed E-state index contributed by atoms with van der Waals surface area (Å²) in [6, 6.07) is 5.21. The highest BCUT2D eigenvalue weighted by molar-refractivity contribution is 7.92. The molecular weight excluding hydrogens is 340 g/mol. The third-order valence-corrected chi connectivity index (χ3v) is 5.18. The minimum atomic E-state index is -3.65. The third-order valence-electron chi connectivity index (χ3n) is 4.05. The Hall–Kier alpha value is -1.76. The molecule has 0 radical (unpaired) electrons. The van der Waals surface area contributed by atoms with Crippen molar-refractivity contribution >= 4 is 21.6 Å². The number of nitrogens with one attached hydrogen (secondary N) is 1. The number of carbonyl (C=O) groups is 1. The van der Waals surface area contributed by atoms with Crippen molar-refractivity contribution in [3.8, 4) is 5.75 Å². The van der Waals surface area contributed by atoms with Gasteiger partial charge < -0.3 is 10.1 Å². The molecule has 0 saturated carbocycles. The Morgan fingerprint density at radius 2 is 1.76 bits per heavy atom. The van der Waals surface area contributed by atoms with Gasteiger partial charge in [-0.2, -0.15) is 0 Å². The van der Waals surface area contributed by atoms with Crippen LogP contribution in [0.15, 0.2) is 18.2 Å². The minimum Gasteiger partial charge on any atom is -0.495 e. The second kappa shape index (κ2) is 8.56. The number of nitrogens with zero attached hydrogens (tertiary/aromatic N) is 1. The van der Waals surface area contributed by atoms with Crippen LogP contribution in [0.4, 0.5) is 5.69 Å². The van der Waals surface area contributed by atoms with E-state index in [1.807, 2.05) is 40.7 Å². The van der Waals surface area contributed by atoms with Gasteiger partial charge in [-0.1, -0.05) is 33.8 Å². The van der Waals surface area contributed by atoms with Gasteiger partial charge in [0.2, 0.25) is 15.9 Å². The van der Waals surface area contributed by atoms with Gasteiger partial charge in [0.15, 0.2) is 0 Å². The van der Waals surface area contributed by atoms with Crippen molar-refractivity contribution in [1.82, 2.24) is 5.32 Å². The molecule has 0 aliphatic rings. The molecule has 7 heteroatoms. The molecule has 1 aromatic rings. The van der Waals surface area contributed by atoms with Crippen molar-refractivity contribution in [1.29, 1.82) is 0 Å². The van der Waals surface area contributed by atoms with Crippen LogP contribution in [0.3, 0.4) is 0 Å². The number of anilines is 1. The van der Waals surface area contributed by atoms with E-state index in [1.54, 1.807) is 12.1 Å². The maximum atomic E-state index is 12.5. The van der Waals surface area contributed by atoms with Crippen LogP contribution in [-0.4, -0.2) is 40.3 Å². The minimum absolute atomic E-state index is 0.0201. The summed E-state index contributed by atoms with van der Waals surface area (Å²) in [7, 11) is -2.17. The van der Waals surface area contributed by atoms with Gasteiger partial charge in [0, 0.05) is 6.04 Å². The Labute approximate surface area is 151 Å². The first-order valence-corrected chi connectivity index (χ1v) is 10.2. The average Bonchev–Trinajstić information content (AvgIpc) is 2.48. The zero-order chi connectivity index (χ0) is 19.4. The van der Waals surface area contributed by atoms with Crippen LogP contribution in [-0.2, 0) is 14.8 Å². The number of rotatable bonds is 8. The number of hydrogen-bond donors (Lipinski definition) is 1. The molecular formula is C18H30N2O4S. The fourth-order valence-corrected chi connectivity index (χ4v) is 3.69. The standard InChI is InChI=1S/C18H30N2O4S/c1-12(2)18(13(3)4)19-17(21)11-20(25(7,22)23)15-10-14(5)8-9-16(15)24-6/h8-10,12-13,18H,11H2,1-7H3,(H,19,21). The molecule has 0 spiro atoms. The molecule has 142 valence electrons. The summed E-state index contributed by atoms with van der Waals surface area (Å²) in [5.41, 5.74) is 1.25. The summed E-state index contributed by atoms with van der Waals surface area (Å²) in [6.45, 7) is 9.70. The Bertz CT molecular complexity index is 691. The van der Waals surface area contributed by atoms with E-state index in [0.717, 1.165) is 16.1 Å². The number of methoxy groups -OCH3 is 1. The second-order valence-corrected chi connectivity index (χ2v) is 8.93. The summed E-state index contributed by atoms with van der Waals surface area (Å²) in [5.74, 6) is 0.586. The Kier molecular flexibility index (Phi) is 7.29. The Balaban J connectivity index is 3.15. The van der Waals surface area contributed by atoms with Crippen molar-refractivity contribution in [2.75, 3.05) is 24.2 Å². The molecule has 25 heavy (non-hydrogen) atoms. The van der Waals surface area contributed by atoms with E-state index < -0.39 is 10.0 Å². The molecule has 6 nitrogen and oxygen atoms in total. The van der Waals surface area contributed by atoms with Gasteiger partial charge in [-0.15, -0.1) is 0 Å². The van der Waals surface area contributed by atoms with E-state index in [1.165, 1.54) is 7.11 Å². The largest absolute Gasteiger partial charge is 0.495 e. The van der Waals surface area contributed by atoms with E-state index >= 15 is 0 Å². The molecule has 1 amide bonds. The summed E-state index contributed by atoms with van der Waals surface area (Å²) in [4.78, 5) is 12.5. The molecule has 0 saturated heterocycles. The van der Waals surface area contributed by atoms with Gasteiger partial charge in [0.1, 0.15) is 12.3 Å². The predicted octanol–water partition coefficient (Wildman–Crippen LogP) is 2.57. The molecule has 0 unspecified atom stereocenters. The molecule has 0 bridgehead atoms. The topological polar surface area (TPSA) is 75.7 Å². The van der Waals surface area contributed by atoms with Gasteiger partial charge in [0.25, 0.3) is 0 Å². The molecule has 0 aliphatic heterocycles. The first-order chi connectivity index (χ1) is 11.5. The molecule has 1 N–H and O–H groups in total. The lowest BCUT2D eigenvalue weighted by Crippen LogP contribution is -2.47. The second-order valence-electron chi connectivity index (χ2n) is 7.03. The maximum absolute atomic E-state index is 12.5. The Morgan fingerprint density at radius 3 is 2.20 bits per heavy atom. The SMILES string of the molecule is COc1ccc(C)cc1N(CC(=O)NC(C(C)C)C(C)C)S(C)(=O)=O. The molecule has 1 rings (SSSR count). The van der Waals surface area contributed by atoms with Crippen molar-refractivity contribution in [3.05, 3.63) is 23.8 Å². The monoisotopic (exact) mass is 370 g/mol. The first kappa shape index (κ1) is 21.3. The highest BCUT2D eigenvalue weighted by Gasteiger charge is 2.26. The lowest BCUT2D eigenvalue weighted by molar-refractivity contribution is -0.121. The smallest absolute Gasteiger partial charge is 0.241 e. The van der Waals surface area contributed by atoms with Gasteiger partial charge in [-0.25, -0.2) is 8.42 Å². The Morgan fingerprint density at radius 1 is 1.20 bits per heavy atom. The fourth-order valence-electron chi connectivity index (χ4n) is 2.84. The first-order valence-electron chi connectivity index (χ1n) is 8.39. The lowest BCUT2D eigenvalue weighted by atomic mass is 9.93. The maximum Gasteiger partial charge on any atom is 0.241 e. The quantitative estimate of drug-likeness (QED) is 0.763. The zero-order valence-corrected chi connectivity index (χ0v) is 17.0. The van der Waals surface area contributed by atoms with E-state index in [0.29, 0.717) is 11.4 Å². The number of benzene rings is 1. The van der Waals surface area contributed by atoms with Gasteiger partial charge in [-0.05, 0) is 36.5 Å². The summed E-state index contributed by atoms with van der Waals surface area (Å²) < 4.78 is 30.9. The number of aryl methyl sites for hydroxylation is 1. The number of ether oxygens (including phenoxy) is 1. The summed E-state index contributed by atoms with van der Waals surface area (Å²) in [6.07, 6.45) is 1.09.